The van der Waals surface area contributed by atoms with E-state index in [0.29, 0.717) is 11.4 Å². The van der Waals surface area contributed by atoms with E-state index in [1.165, 1.54) is 18.0 Å². The van der Waals surface area contributed by atoms with Crippen molar-refractivity contribution < 1.29 is 19.4 Å². The third kappa shape index (κ3) is 4.60. The van der Waals surface area contributed by atoms with Gasteiger partial charge in [-0.2, -0.15) is 0 Å². The highest BCUT2D eigenvalue weighted by Gasteiger charge is 2.14. The molecule has 10 heteroatoms. The van der Waals surface area contributed by atoms with Crippen molar-refractivity contribution >= 4 is 29.6 Å². The number of aromatic hydroxyl groups is 1. The van der Waals surface area contributed by atoms with Gasteiger partial charge in [-0.15, -0.1) is 11.8 Å². The molecule has 0 saturated carbocycles. The molecule has 0 aliphatic heterocycles. The van der Waals surface area contributed by atoms with Crippen LogP contribution in [0.15, 0.2) is 66.6 Å². The Morgan fingerprint density at radius 3 is 2.64 bits per heavy atom. The fraction of sp³-hybridized carbons (Fsp3) is 0.111. The topological polar surface area (TPSA) is 138 Å². The van der Waals surface area contributed by atoms with Gasteiger partial charge in [-0.3, -0.25) is 24.1 Å². The number of aliphatic carboxylic acids is 1. The zero-order valence-electron chi connectivity index (χ0n) is 14.4. The Hall–Kier alpha value is -3.53. The smallest absolute Gasteiger partial charge is 0.331 e. The van der Waals surface area contributed by atoms with Crippen LogP contribution in [-0.2, 0) is 11.3 Å². The molecule has 0 unspecified atom stereocenters. The number of carboxylic acids is 1. The number of aromatic amines is 1. The largest absolute Gasteiger partial charge is 0.494 e. The Morgan fingerprint density at radius 1 is 1.25 bits per heavy atom. The standard InChI is InChI=1S/C18H15N3O6S/c22-15(23)10-28-13-5-3-11(4-6-13)19-8-14-16(24)20-18(26)21(17(14)25)9-12-2-1-7-27-12/h1-8,25H,9-10H2,(H,22,23)(H,20,24,26). The molecule has 0 spiro atoms. The lowest BCUT2D eigenvalue weighted by Gasteiger charge is -2.07. The van der Waals surface area contributed by atoms with Crippen LogP contribution in [0.2, 0.25) is 0 Å². The summed E-state index contributed by atoms with van der Waals surface area (Å²) in [6.07, 6.45) is 2.59. The summed E-state index contributed by atoms with van der Waals surface area (Å²) >= 11 is 1.17. The van der Waals surface area contributed by atoms with Crippen molar-refractivity contribution in [3.05, 3.63) is 74.8 Å². The van der Waals surface area contributed by atoms with Crippen LogP contribution in [0.5, 0.6) is 5.88 Å². The summed E-state index contributed by atoms with van der Waals surface area (Å²) in [5.41, 5.74) is -1.22. The maximum Gasteiger partial charge on any atom is 0.331 e. The number of carbonyl (C=O) groups is 1. The van der Waals surface area contributed by atoms with Crippen molar-refractivity contribution in [3.8, 4) is 5.88 Å². The lowest BCUT2D eigenvalue weighted by Crippen LogP contribution is -2.32. The average molecular weight is 401 g/mol. The van der Waals surface area contributed by atoms with E-state index in [1.54, 1.807) is 36.4 Å². The maximum absolute atomic E-state index is 12.0. The summed E-state index contributed by atoms with van der Waals surface area (Å²) in [5.74, 6) is -1.06. The molecule has 3 aromatic rings. The predicted molar refractivity (Wildman–Crippen MR) is 103 cm³/mol. The van der Waals surface area contributed by atoms with Crippen LogP contribution in [-0.4, -0.2) is 37.7 Å². The number of hydrogen-bond donors (Lipinski definition) is 3. The number of furan rings is 1. The number of carboxylic acid groups (broad SMARTS) is 1. The molecule has 0 aliphatic carbocycles. The second kappa shape index (κ2) is 8.44. The minimum Gasteiger partial charge on any atom is -0.494 e. The Balaban J connectivity index is 1.84. The van der Waals surface area contributed by atoms with Crippen LogP contribution in [0.1, 0.15) is 11.3 Å². The summed E-state index contributed by atoms with van der Waals surface area (Å²) < 4.78 is 6.12. The molecule has 0 fully saturated rings. The van der Waals surface area contributed by atoms with E-state index in [0.717, 1.165) is 15.7 Å². The summed E-state index contributed by atoms with van der Waals surface area (Å²) in [4.78, 5) is 41.6. The van der Waals surface area contributed by atoms with E-state index < -0.39 is 23.1 Å². The van der Waals surface area contributed by atoms with Crippen LogP contribution >= 0.6 is 11.8 Å². The quantitative estimate of drug-likeness (QED) is 0.405. The van der Waals surface area contributed by atoms with Gasteiger partial charge in [0.05, 0.1) is 24.2 Å². The highest BCUT2D eigenvalue weighted by atomic mass is 32.2. The van der Waals surface area contributed by atoms with Gasteiger partial charge in [0, 0.05) is 11.1 Å². The van der Waals surface area contributed by atoms with E-state index in [2.05, 4.69) is 9.98 Å². The fourth-order valence-electron chi connectivity index (χ4n) is 2.31. The lowest BCUT2D eigenvalue weighted by molar-refractivity contribution is -0.133. The summed E-state index contributed by atoms with van der Waals surface area (Å²) in [7, 11) is 0. The number of nitrogens with one attached hydrogen (secondary N) is 1. The number of nitrogens with zero attached hydrogens (tertiary/aromatic N) is 2. The van der Waals surface area contributed by atoms with Gasteiger partial charge in [-0.25, -0.2) is 4.79 Å². The second-order valence-corrected chi connectivity index (χ2v) is 6.65. The van der Waals surface area contributed by atoms with Gasteiger partial charge in [0.1, 0.15) is 11.3 Å². The Bertz CT molecular complexity index is 1110. The van der Waals surface area contributed by atoms with Crippen molar-refractivity contribution in [3.63, 3.8) is 0 Å². The summed E-state index contributed by atoms with van der Waals surface area (Å²) in [6, 6.07) is 9.96. The molecule has 0 atom stereocenters. The van der Waals surface area contributed by atoms with Crippen LogP contribution < -0.4 is 11.2 Å². The molecule has 0 aliphatic rings. The van der Waals surface area contributed by atoms with Gasteiger partial charge in [0.2, 0.25) is 5.88 Å². The second-order valence-electron chi connectivity index (χ2n) is 5.60. The fourth-order valence-corrected chi connectivity index (χ4v) is 2.93. The van der Waals surface area contributed by atoms with Gasteiger partial charge < -0.3 is 14.6 Å². The number of hydrogen-bond acceptors (Lipinski definition) is 7. The van der Waals surface area contributed by atoms with Gasteiger partial charge in [0.25, 0.3) is 5.56 Å². The summed E-state index contributed by atoms with van der Waals surface area (Å²) in [5, 5.41) is 19.0. The highest BCUT2D eigenvalue weighted by Crippen LogP contribution is 2.22. The first-order chi connectivity index (χ1) is 13.4. The molecule has 3 N–H and O–H groups in total. The zero-order chi connectivity index (χ0) is 20.1. The molecule has 0 bridgehead atoms. The van der Waals surface area contributed by atoms with Crippen molar-refractivity contribution in [1.82, 2.24) is 9.55 Å². The monoisotopic (exact) mass is 401 g/mol. The van der Waals surface area contributed by atoms with Crippen LogP contribution in [0.3, 0.4) is 0 Å². The third-order valence-electron chi connectivity index (χ3n) is 3.64. The summed E-state index contributed by atoms with van der Waals surface area (Å²) in [6.45, 7) is -0.0508. The van der Waals surface area contributed by atoms with E-state index in [4.69, 9.17) is 9.52 Å². The number of thioether (sulfide) groups is 1. The number of aromatic nitrogens is 2. The molecular weight excluding hydrogens is 386 g/mol. The molecule has 0 saturated heterocycles. The molecule has 3 rings (SSSR count). The van der Waals surface area contributed by atoms with E-state index in [1.807, 2.05) is 0 Å². The van der Waals surface area contributed by atoms with Crippen molar-refractivity contribution in [1.29, 1.82) is 0 Å². The highest BCUT2D eigenvalue weighted by molar-refractivity contribution is 8.00. The van der Waals surface area contributed by atoms with Crippen molar-refractivity contribution in [2.75, 3.05) is 5.75 Å². The van der Waals surface area contributed by atoms with Gasteiger partial charge in [-0.05, 0) is 36.4 Å². The Morgan fingerprint density at radius 2 is 2.00 bits per heavy atom. The molecule has 0 radical (unpaired) electrons. The van der Waals surface area contributed by atoms with Crippen LogP contribution in [0.4, 0.5) is 5.69 Å². The molecule has 2 aromatic heterocycles. The van der Waals surface area contributed by atoms with Crippen LogP contribution in [0.25, 0.3) is 0 Å². The van der Waals surface area contributed by atoms with Gasteiger partial charge in [0.15, 0.2) is 0 Å². The molecule has 0 amide bonds. The molecule has 2 heterocycles. The van der Waals surface area contributed by atoms with Crippen LogP contribution in [0, 0.1) is 0 Å². The first-order valence-electron chi connectivity index (χ1n) is 8.01. The first kappa shape index (κ1) is 19.2. The Labute approximate surface area is 162 Å². The number of aliphatic imine (C=N–C) groups is 1. The molecule has 9 nitrogen and oxygen atoms in total. The molecule has 144 valence electrons. The maximum atomic E-state index is 12.0. The van der Waals surface area contributed by atoms with Gasteiger partial charge >= 0.3 is 11.7 Å². The first-order valence-corrected chi connectivity index (χ1v) is 9.00. The molecule has 1 aromatic carbocycles. The Kier molecular flexibility index (Phi) is 5.80. The zero-order valence-corrected chi connectivity index (χ0v) is 15.2. The van der Waals surface area contributed by atoms with Crippen molar-refractivity contribution in [2.45, 2.75) is 11.4 Å². The molecule has 28 heavy (non-hydrogen) atoms. The average Bonchev–Trinajstić information content (AvgIpc) is 3.17. The van der Waals surface area contributed by atoms with E-state index in [9.17, 15) is 19.5 Å². The van der Waals surface area contributed by atoms with Crippen molar-refractivity contribution in [2.24, 2.45) is 4.99 Å². The number of rotatable bonds is 7. The third-order valence-corrected chi connectivity index (χ3v) is 4.64. The minimum atomic E-state index is -0.911. The van der Waals surface area contributed by atoms with E-state index >= 15 is 0 Å². The number of benzene rings is 1. The van der Waals surface area contributed by atoms with E-state index in [-0.39, 0.29) is 17.9 Å². The molecular formula is C18H15N3O6S. The minimum absolute atomic E-state index is 0.0508. The lowest BCUT2D eigenvalue weighted by atomic mass is 10.3. The number of H-pyrrole nitrogens is 1. The SMILES string of the molecule is O=C(O)CSc1ccc(N=Cc2c(O)n(Cc3ccco3)c(=O)[nH]c2=O)cc1. The normalized spacial score (nSPS) is 11.1. The predicted octanol–water partition coefficient (Wildman–Crippen LogP) is 1.81. The van der Waals surface area contributed by atoms with Gasteiger partial charge in [-0.1, -0.05) is 0 Å².